The van der Waals surface area contributed by atoms with E-state index in [4.69, 9.17) is 5.26 Å². The zero-order valence-corrected chi connectivity index (χ0v) is 18.1. The van der Waals surface area contributed by atoms with E-state index < -0.39 is 0 Å². The van der Waals surface area contributed by atoms with Crippen molar-refractivity contribution in [2.75, 3.05) is 18.0 Å². The Morgan fingerprint density at radius 2 is 1.75 bits per heavy atom. The summed E-state index contributed by atoms with van der Waals surface area (Å²) in [5.74, 6) is 0.956. The third-order valence-electron chi connectivity index (χ3n) is 6.20. The summed E-state index contributed by atoms with van der Waals surface area (Å²) in [6.07, 6.45) is 3.89. The van der Waals surface area contributed by atoms with Crippen LogP contribution >= 0.6 is 0 Å². The average Bonchev–Trinajstić information content (AvgIpc) is 3.28. The lowest BCUT2D eigenvalue weighted by atomic mass is 10.0. The van der Waals surface area contributed by atoms with Crippen molar-refractivity contribution >= 4 is 16.6 Å². The molecule has 0 amide bonds. The summed E-state index contributed by atoms with van der Waals surface area (Å²) in [7, 11) is 1.93. The Balaban J connectivity index is 1.29. The van der Waals surface area contributed by atoms with Gasteiger partial charge in [0.2, 0.25) is 0 Å². The fourth-order valence-electron chi connectivity index (χ4n) is 4.37. The van der Waals surface area contributed by atoms with Gasteiger partial charge in [0.1, 0.15) is 5.69 Å². The second-order valence-electron chi connectivity index (χ2n) is 8.21. The standard InChI is InChI=1S/C25H25N7/c1-31-23(10-13-28-31)24-21-4-2-3-5-22(21)25(30-29-24)32-14-11-20(12-15-32)27-17-19-8-6-18(16-26)7-9-19/h2-10,13,20,27H,11-12,14-15,17H2,1H3. The van der Waals surface area contributed by atoms with E-state index in [-0.39, 0.29) is 0 Å². The maximum absolute atomic E-state index is 8.94. The minimum Gasteiger partial charge on any atom is -0.354 e. The van der Waals surface area contributed by atoms with E-state index in [2.05, 4.69) is 49.8 Å². The van der Waals surface area contributed by atoms with E-state index in [0.29, 0.717) is 11.6 Å². The van der Waals surface area contributed by atoms with Crippen LogP contribution < -0.4 is 10.2 Å². The van der Waals surface area contributed by atoms with E-state index in [0.717, 1.165) is 60.5 Å². The van der Waals surface area contributed by atoms with E-state index in [9.17, 15) is 0 Å². The SMILES string of the molecule is Cn1nccc1-c1nnc(N2CCC(NCc3ccc(C#N)cc3)CC2)c2ccccc12. The zero-order valence-electron chi connectivity index (χ0n) is 18.1. The topological polar surface area (TPSA) is 82.7 Å². The van der Waals surface area contributed by atoms with Crippen LogP contribution in [0.15, 0.2) is 60.8 Å². The summed E-state index contributed by atoms with van der Waals surface area (Å²) in [4.78, 5) is 2.35. The third-order valence-corrected chi connectivity index (χ3v) is 6.20. The number of benzene rings is 2. The molecule has 0 aliphatic carbocycles. The summed E-state index contributed by atoms with van der Waals surface area (Å²) < 4.78 is 1.83. The van der Waals surface area contributed by atoms with Crippen LogP contribution in [0, 0.1) is 11.3 Å². The van der Waals surface area contributed by atoms with Gasteiger partial charge < -0.3 is 10.2 Å². The average molecular weight is 424 g/mol. The van der Waals surface area contributed by atoms with Crippen LogP contribution in [0.1, 0.15) is 24.0 Å². The van der Waals surface area contributed by atoms with Gasteiger partial charge in [0.25, 0.3) is 0 Å². The molecular weight excluding hydrogens is 398 g/mol. The number of rotatable bonds is 5. The highest BCUT2D eigenvalue weighted by atomic mass is 15.3. The molecule has 0 bridgehead atoms. The van der Waals surface area contributed by atoms with Crippen molar-refractivity contribution in [2.45, 2.75) is 25.4 Å². The Bertz CT molecular complexity index is 1260. The van der Waals surface area contributed by atoms with Crippen LogP contribution in [-0.2, 0) is 13.6 Å². The number of aromatic nitrogens is 4. The highest BCUT2D eigenvalue weighted by Gasteiger charge is 2.23. The Kier molecular flexibility index (Phi) is 5.53. The first-order valence-electron chi connectivity index (χ1n) is 10.9. The predicted molar refractivity (Wildman–Crippen MR) is 125 cm³/mol. The van der Waals surface area contributed by atoms with Crippen LogP contribution in [0.4, 0.5) is 5.82 Å². The molecule has 5 rings (SSSR count). The zero-order chi connectivity index (χ0) is 21.9. The number of nitrogens with one attached hydrogen (secondary N) is 1. The second kappa shape index (κ2) is 8.77. The molecular formula is C25H25N7. The van der Waals surface area contributed by atoms with E-state index in [1.807, 2.05) is 48.1 Å². The van der Waals surface area contributed by atoms with Crippen molar-refractivity contribution in [1.29, 1.82) is 5.26 Å². The lowest BCUT2D eigenvalue weighted by molar-refractivity contribution is 0.413. The van der Waals surface area contributed by atoms with Crippen LogP contribution in [0.3, 0.4) is 0 Å². The molecule has 2 aromatic heterocycles. The first kappa shape index (κ1) is 20.2. The molecule has 0 radical (unpaired) electrons. The van der Waals surface area contributed by atoms with Gasteiger partial charge in [-0.05, 0) is 36.6 Å². The van der Waals surface area contributed by atoms with Gasteiger partial charge in [0, 0.05) is 49.7 Å². The Morgan fingerprint density at radius 3 is 2.44 bits per heavy atom. The molecule has 0 saturated carbocycles. The number of piperidine rings is 1. The number of anilines is 1. The molecule has 32 heavy (non-hydrogen) atoms. The van der Waals surface area contributed by atoms with Crippen molar-refractivity contribution < 1.29 is 0 Å². The van der Waals surface area contributed by atoms with Crippen molar-refractivity contribution in [1.82, 2.24) is 25.3 Å². The normalized spacial score (nSPS) is 14.6. The quantitative estimate of drug-likeness (QED) is 0.528. The summed E-state index contributed by atoms with van der Waals surface area (Å²) in [6.45, 7) is 2.70. The number of nitrogens with zero attached hydrogens (tertiary/aromatic N) is 6. The minimum absolute atomic E-state index is 0.467. The molecule has 1 aliphatic rings. The summed E-state index contributed by atoms with van der Waals surface area (Å²) in [5, 5.41) is 28.4. The monoisotopic (exact) mass is 423 g/mol. The van der Waals surface area contributed by atoms with Gasteiger partial charge in [-0.3, -0.25) is 4.68 Å². The summed E-state index contributed by atoms with van der Waals surface area (Å²) in [6, 6.07) is 20.8. The molecule has 0 atom stereocenters. The molecule has 7 nitrogen and oxygen atoms in total. The summed E-state index contributed by atoms with van der Waals surface area (Å²) >= 11 is 0. The van der Waals surface area contributed by atoms with Gasteiger partial charge in [-0.15, -0.1) is 10.2 Å². The molecule has 2 aromatic carbocycles. The molecule has 1 N–H and O–H groups in total. The van der Waals surface area contributed by atoms with Crippen LogP contribution in [0.5, 0.6) is 0 Å². The fraction of sp³-hybridized carbons (Fsp3) is 0.280. The van der Waals surface area contributed by atoms with Crippen LogP contribution in [0.25, 0.3) is 22.2 Å². The van der Waals surface area contributed by atoms with Crippen molar-refractivity contribution in [3.05, 3.63) is 71.9 Å². The maximum Gasteiger partial charge on any atom is 0.159 e. The number of hydrogen-bond acceptors (Lipinski definition) is 6. The maximum atomic E-state index is 8.94. The molecule has 160 valence electrons. The van der Waals surface area contributed by atoms with Gasteiger partial charge in [0.05, 0.1) is 17.3 Å². The Morgan fingerprint density at radius 1 is 1.00 bits per heavy atom. The van der Waals surface area contributed by atoms with E-state index in [1.54, 1.807) is 6.20 Å². The van der Waals surface area contributed by atoms with Gasteiger partial charge in [-0.25, -0.2) is 0 Å². The Hall–Kier alpha value is -3.76. The largest absolute Gasteiger partial charge is 0.354 e. The number of fused-ring (bicyclic) bond motifs is 1. The first-order chi connectivity index (χ1) is 15.7. The second-order valence-corrected chi connectivity index (χ2v) is 8.21. The highest BCUT2D eigenvalue weighted by Crippen LogP contribution is 2.32. The molecule has 1 fully saturated rings. The van der Waals surface area contributed by atoms with Gasteiger partial charge in [0.15, 0.2) is 5.82 Å². The van der Waals surface area contributed by atoms with Crippen molar-refractivity contribution in [3.8, 4) is 17.5 Å². The number of hydrogen-bond donors (Lipinski definition) is 1. The number of nitriles is 1. The minimum atomic E-state index is 0.467. The molecule has 0 unspecified atom stereocenters. The lowest BCUT2D eigenvalue weighted by Gasteiger charge is -2.33. The molecule has 3 heterocycles. The van der Waals surface area contributed by atoms with Gasteiger partial charge >= 0.3 is 0 Å². The van der Waals surface area contributed by atoms with Gasteiger partial charge in [-0.2, -0.15) is 10.4 Å². The van der Waals surface area contributed by atoms with E-state index >= 15 is 0 Å². The molecule has 0 spiro atoms. The van der Waals surface area contributed by atoms with Crippen LogP contribution in [-0.4, -0.2) is 39.1 Å². The summed E-state index contributed by atoms with van der Waals surface area (Å²) in [5.41, 5.74) is 3.73. The van der Waals surface area contributed by atoms with Crippen molar-refractivity contribution in [2.24, 2.45) is 7.05 Å². The highest BCUT2D eigenvalue weighted by molar-refractivity contribution is 5.99. The predicted octanol–water partition coefficient (Wildman–Crippen LogP) is 3.66. The van der Waals surface area contributed by atoms with Crippen LogP contribution in [0.2, 0.25) is 0 Å². The lowest BCUT2D eigenvalue weighted by Crippen LogP contribution is -2.42. The van der Waals surface area contributed by atoms with Crippen molar-refractivity contribution in [3.63, 3.8) is 0 Å². The fourth-order valence-corrected chi connectivity index (χ4v) is 4.37. The molecule has 1 aliphatic heterocycles. The van der Waals surface area contributed by atoms with E-state index in [1.165, 1.54) is 5.56 Å². The van der Waals surface area contributed by atoms with Gasteiger partial charge in [-0.1, -0.05) is 36.4 Å². The molecule has 7 heteroatoms. The molecule has 4 aromatic rings. The third kappa shape index (κ3) is 3.93. The Labute approximate surface area is 187 Å². The smallest absolute Gasteiger partial charge is 0.159 e. The molecule has 1 saturated heterocycles. The first-order valence-corrected chi connectivity index (χ1v) is 10.9. The number of aryl methyl sites for hydroxylation is 1.